The Labute approximate surface area is 119 Å². The van der Waals surface area contributed by atoms with Crippen molar-refractivity contribution >= 4 is 23.4 Å². The van der Waals surface area contributed by atoms with Gasteiger partial charge >= 0.3 is 0 Å². The molecule has 19 heavy (non-hydrogen) atoms. The third kappa shape index (κ3) is 4.46. The Kier molecular flexibility index (Phi) is 5.14. The monoisotopic (exact) mass is 278 g/mol. The number of benzene rings is 1. The van der Waals surface area contributed by atoms with Crippen LogP contribution in [-0.2, 0) is 11.3 Å². The highest BCUT2D eigenvalue weighted by atomic mass is 32.2. The zero-order valence-electron chi connectivity index (χ0n) is 11.7. The van der Waals surface area contributed by atoms with E-state index in [0.29, 0.717) is 12.6 Å². The molecular formula is C15H22N2OS. The molecule has 2 rings (SSSR count). The summed E-state index contributed by atoms with van der Waals surface area (Å²) in [6.07, 6.45) is 2.56. The van der Waals surface area contributed by atoms with Gasteiger partial charge in [0.25, 0.3) is 0 Å². The zero-order valence-corrected chi connectivity index (χ0v) is 12.5. The second-order valence-corrected chi connectivity index (χ2v) is 6.28. The van der Waals surface area contributed by atoms with Gasteiger partial charge < -0.3 is 10.2 Å². The molecule has 0 radical (unpaired) electrons. The lowest BCUT2D eigenvalue weighted by atomic mass is 10.1. The van der Waals surface area contributed by atoms with E-state index in [-0.39, 0.29) is 5.91 Å². The standard InChI is InChI=1S/C15H22N2OS/c1-12(18)17(2)10-13-5-3-6-14(9-13)16-15-7-4-8-19-11-15/h3,5-6,9,15-16H,4,7-8,10-11H2,1-2H3. The maximum Gasteiger partial charge on any atom is 0.219 e. The minimum atomic E-state index is 0.0991. The summed E-state index contributed by atoms with van der Waals surface area (Å²) < 4.78 is 0. The van der Waals surface area contributed by atoms with E-state index in [4.69, 9.17) is 0 Å². The molecule has 1 aromatic rings. The summed E-state index contributed by atoms with van der Waals surface area (Å²) in [5.41, 5.74) is 2.34. The third-order valence-corrected chi connectivity index (χ3v) is 4.63. The average molecular weight is 278 g/mol. The van der Waals surface area contributed by atoms with Crippen molar-refractivity contribution in [2.75, 3.05) is 23.9 Å². The Morgan fingerprint density at radius 2 is 2.37 bits per heavy atom. The van der Waals surface area contributed by atoms with E-state index < -0.39 is 0 Å². The van der Waals surface area contributed by atoms with E-state index in [1.165, 1.54) is 35.6 Å². The van der Waals surface area contributed by atoms with Crippen molar-refractivity contribution in [1.29, 1.82) is 0 Å². The second kappa shape index (κ2) is 6.85. The highest BCUT2D eigenvalue weighted by molar-refractivity contribution is 7.99. The molecule has 0 saturated carbocycles. The Bertz CT molecular complexity index is 430. The number of anilines is 1. The molecule has 1 aliphatic heterocycles. The predicted octanol–water partition coefficient (Wildman–Crippen LogP) is 2.97. The summed E-state index contributed by atoms with van der Waals surface area (Å²) in [6.45, 7) is 2.27. The molecule has 1 N–H and O–H groups in total. The van der Waals surface area contributed by atoms with Crippen molar-refractivity contribution in [2.24, 2.45) is 0 Å². The van der Waals surface area contributed by atoms with Crippen LogP contribution in [0.3, 0.4) is 0 Å². The molecule has 4 heteroatoms. The van der Waals surface area contributed by atoms with Gasteiger partial charge in [-0.25, -0.2) is 0 Å². The van der Waals surface area contributed by atoms with Crippen LogP contribution in [0.4, 0.5) is 5.69 Å². The first-order valence-electron chi connectivity index (χ1n) is 6.80. The molecule has 1 aliphatic rings. The number of carbonyl (C=O) groups is 1. The van der Waals surface area contributed by atoms with Crippen molar-refractivity contribution in [3.63, 3.8) is 0 Å². The van der Waals surface area contributed by atoms with Gasteiger partial charge in [0.15, 0.2) is 0 Å². The van der Waals surface area contributed by atoms with E-state index in [0.717, 1.165) is 0 Å². The molecule has 0 aliphatic carbocycles. The van der Waals surface area contributed by atoms with Crippen molar-refractivity contribution in [1.82, 2.24) is 4.90 Å². The second-order valence-electron chi connectivity index (χ2n) is 5.13. The van der Waals surface area contributed by atoms with E-state index >= 15 is 0 Å². The molecule has 0 bridgehead atoms. The normalized spacial score (nSPS) is 18.9. The van der Waals surface area contributed by atoms with Crippen molar-refractivity contribution in [2.45, 2.75) is 32.4 Å². The van der Waals surface area contributed by atoms with Gasteiger partial charge in [-0.2, -0.15) is 11.8 Å². The third-order valence-electron chi connectivity index (χ3n) is 3.42. The fraction of sp³-hybridized carbons (Fsp3) is 0.533. The largest absolute Gasteiger partial charge is 0.381 e. The topological polar surface area (TPSA) is 32.3 Å². The predicted molar refractivity (Wildman–Crippen MR) is 82.6 cm³/mol. The summed E-state index contributed by atoms with van der Waals surface area (Å²) >= 11 is 2.03. The van der Waals surface area contributed by atoms with Crippen LogP contribution in [0.2, 0.25) is 0 Å². The van der Waals surface area contributed by atoms with Crippen LogP contribution in [0.1, 0.15) is 25.3 Å². The van der Waals surface area contributed by atoms with Crippen LogP contribution < -0.4 is 5.32 Å². The molecule has 1 aromatic carbocycles. The average Bonchev–Trinajstić information content (AvgIpc) is 2.40. The fourth-order valence-electron chi connectivity index (χ4n) is 2.23. The highest BCUT2D eigenvalue weighted by Crippen LogP contribution is 2.21. The first-order chi connectivity index (χ1) is 9.15. The minimum Gasteiger partial charge on any atom is -0.381 e. The molecule has 1 atom stereocenters. The lowest BCUT2D eigenvalue weighted by molar-refractivity contribution is -0.128. The number of nitrogens with zero attached hydrogens (tertiary/aromatic N) is 1. The molecule has 0 spiro atoms. The van der Waals surface area contributed by atoms with Crippen LogP contribution in [0, 0.1) is 0 Å². The number of hydrogen-bond donors (Lipinski definition) is 1. The lowest BCUT2D eigenvalue weighted by Gasteiger charge is -2.24. The van der Waals surface area contributed by atoms with Crippen molar-refractivity contribution < 1.29 is 4.79 Å². The fourth-order valence-corrected chi connectivity index (χ4v) is 3.31. The van der Waals surface area contributed by atoms with E-state index in [1.54, 1.807) is 11.8 Å². The first-order valence-corrected chi connectivity index (χ1v) is 7.95. The van der Waals surface area contributed by atoms with Crippen LogP contribution in [0.15, 0.2) is 24.3 Å². The Morgan fingerprint density at radius 1 is 1.53 bits per heavy atom. The van der Waals surface area contributed by atoms with Gasteiger partial charge in [0.05, 0.1) is 0 Å². The minimum absolute atomic E-state index is 0.0991. The summed E-state index contributed by atoms with van der Waals surface area (Å²) in [5.74, 6) is 2.58. The number of nitrogens with one attached hydrogen (secondary N) is 1. The highest BCUT2D eigenvalue weighted by Gasteiger charge is 2.13. The number of thioether (sulfide) groups is 1. The number of amides is 1. The number of hydrogen-bond acceptors (Lipinski definition) is 3. The van der Waals surface area contributed by atoms with Gasteiger partial charge in [-0.05, 0) is 36.3 Å². The zero-order chi connectivity index (χ0) is 13.7. The molecule has 3 nitrogen and oxygen atoms in total. The summed E-state index contributed by atoms with van der Waals surface area (Å²) in [4.78, 5) is 13.0. The van der Waals surface area contributed by atoms with E-state index in [9.17, 15) is 4.79 Å². The SMILES string of the molecule is CC(=O)N(C)Cc1cccc(NC2CCCSC2)c1. The summed E-state index contributed by atoms with van der Waals surface area (Å²) in [7, 11) is 1.83. The molecular weight excluding hydrogens is 256 g/mol. The van der Waals surface area contributed by atoms with Crippen LogP contribution >= 0.6 is 11.8 Å². The summed E-state index contributed by atoms with van der Waals surface area (Å²) in [6, 6.07) is 8.97. The molecule has 1 amide bonds. The van der Waals surface area contributed by atoms with Crippen LogP contribution in [-0.4, -0.2) is 35.4 Å². The van der Waals surface area contributed by atoms with E-state index in [2.05, 4.69) is 29.6 Å². The molecule has 0 aromatic heterocycles. The molecule has 1 saturated heterocycles. The summed E-state index contributed by atoms with van der Waals surface area (Å²) in [5, 5.41) is 3.60. The van der Waals surface area contributed by atoms with Gasteiger partial charge in [-0.15, -0.1) is 0 Å². The van der Waals surface area contributed by atoms with Crippen LogP contribution in [0.5, 0.6) is 0 Å². The quantitative estimate of drug-likeness (QED) is 0.919. The molecule has 1 unspecified atom stereocenters. The van der Waals surface area contributed by atoms with Crippen LogP contribution in [0.25, 0.3) is 0 Å². The van der Waals surface area contributed by atoms with Gasteiger partial charge in [-0.1, -0.05) is 12.1 Å². The number of rotatable bonds is 4. The molecule has 1 heterocycles. The molecule has 104 valence electrons. The van der Waals surface area contributed by atoms with Gasteiger partial charge in [0.1, 0.15) is 0 Å². The van der Waals surface area contributed by atoms with Crippen molar-refractivity contribution in [3.8, 4) is 0 Å². The maximum atomic E-state index is 11.3. The van der Waals surface area contributed by atoms with E-state index in [1.807, 2.05) is 18.8 Å². The smallest absolute Gasteiger partial charge is 0.219 e. The Morgan fingerprint density at radius 3 is 3.05 bits per heavy atom. The van der Waals surface area contributed by atoms with Gasteiger partial charge in [0.2, 0.25) is 5.91 Å². The maximum absolute atomic E-state index is 11.3. The Hall–Kier alpha value is -1.16. The lowest BCUT2D eigenvalue weighted by Crippen LogP contribution is -2.26. The Balaban J connectivity index is 1.96. The van der Waals surface area contributed by atoms with Gasteiger partial charge in [0, 0.05) is 38.0 Å². The van der Waals surface area contributed by atoms with Gasteiger partial charge in [-0.3, -0.25) is 4.79 Å². The first kappa shape index (κ1) is 14.3. The number of carbonyl (C=O) groups excluding carboxylic acids is 1. The van der Waals surface area contributed by atoms with Crippen molar-refractivity contribution in [3.05, 3.63) is 29.8 Å². The molecule has 1 fully saturated rings.